The summed E-state index contributed by atoms with van der Waals surface area (Å²) in [7, 11) is 0. The number of carbonyl (C=O) groups is 2. The van der Waals surface area contributed by atoms with Gasteiger partial charge in [-0.1, -0.05) is 35.8 Å². The van der Waals surface area contributed by atoms with Crippen molar-refractivity contribution in [2.24, 2.45) is 5.92 Å². The van der Waals surface area contributed by atoms with Gasteiger partial charge in [0, 0.05) is 10.2 Å². The summed E-state index contributed by atoms with van der Waals surface area (Å²) >= 11 is 3.32. The SMILES string of the molecule is Cc1ccc(Br)cc1NC(=O)N[C@@H](C(=O)O)C(C)C. The zero-order valence-electron chi connectivity index (χ0n) is 11.0. The van der Waals surface area contributed by atoms with Crippen molar-refractivity contribution in [3.63, 3.8) is 0 Å². The molecule has 1 rings (SSSR count). The highest BCUT2D eigenvalue weighted by atomic mass is 79.9. The van der Waals surface area contributed by atoms with E-state index in [1.54, 1.807) is 19.9 Å². The minimum absolute atomic E-state index is 0.188. The van der Waals surface area contributed by atoms with Gasteiger partial charge in [-0.3, -0.25) is 0 Å². The number of hydrogen-bond acceptors (Lipinski definition) is 2. The van der Waals surface area contributed by atoms with Crippen LogP contribution in [-0.2, 0) is 4.79 Å². The summed E-state index contributed by atoms with van der Waals surface area (Å²) in [6, 6.07) is 4.05. The van der Waals surface area contributed by atoms with Crippen molar-refractivity contribution in [2.75, 3.05) is 5.32 Å². The van der Waals surface area contributed by atoms with E-state index in [9.17, 15) is 9.59 Å². The number of aliphatic carboxylic acids is 1. The molecular formula is C13H17BrN2O3. The van der Waals surface area contributed by atoms with Crippen LogP contribution in [0.4, 0.5) is 10.5 Å². The monoisotopic (exact) mass is 328 g/mol. The fraction of sp³-hybridized carbons (Fsp3) is 0.385. The van der Waals surface area contributed by atoms with E-state index >= 15 is 0 Å². The van der Waals surface area contributed by atoms with E-state index < -0.39 is 18.0 Å². The molecule has 0 radical (unpaired) electrons. The molecule has 0 fully saturated rings. The summed E-state index contributed by atoms with van der Waals surface area (Å²) in [5, 5.41) is 14.1. The molecule has 0 saturated carbocycles. The molecule has 1 atom stereocenters. The number of nitrogens with one attached hydrogen (secondary N) is 2. The first kappa shape index (κ1) is 15.5. The molecule has 0 spiro atoms. The Kier molecular flexibility index (Phi) is 5.35. The zero-order chi connectivity index (χ0) is 14.6. The number of benzene rings is 1. The number of hydrogen-bond donors (Lipinski definition) is 3. The van der Waals surface area contributed by atoms with Crippen LogP contribution in [0.3, 0.4) is 0 Å². The summed E-state index contributed by atoms with van der Waals surface area (Å²) < 4.78 is 0.840. The molecule has 2 amide bonds. The Balaban J connectivity index is 2.74. The minimum atomic E-state index is -1.05. The second-order valence-electron chi connectivity index (χ2n) is 4.62. The van der Waals surface area contributed by atoms with Crippen LogP contribution in [0.15, 0.2) is 22.7 Å². The van der Waals surface area contributed by atoms with Gasteiger partial charge in [0.25, 0.3) is 0 Å². The maximum absolute atomic E-state index is 11.8. The average molecular weight is 329 g/mol. The molecule has 0 aliphatic heterocycles. The molecule has 0 saturated heterocycles. The summed E-state index contributed by atoms with van der Waals surface area (Å²) in [5.41, 5.74) is 1.54. The van der Waals surface area contributed by atoms with Crippen molar-refractivity contribution >= 4 is 33.6 Å². The van der Waals surface area contributed by atoms with Crippen molar-refractivity contribution in [3.05, 3.63) is 28.2 Å². The van der Waals surface area contributed by atoms with E-state index in [0.29, 0.717) is 5.69 Å². The summed E-state index contributed by atoms with van der Waals surface area (Å²) in [4.78, 5) is 22.8. The number of carboxylic acids is 1. The highest BCUT2D eigenvalue weighted by Crippen LogP contribution is 2.20. The third-order valence-corrected chi connectivity index (χ3v) is 3.16. The van der Waals surface area contributed by atoms with Gasteiger partial charge in [0.2, 0.25) is 0 Å². The van der Waals surface area contributed by atoms with E-state index in [2.05, 4.69) is 26.6 Å². The van der Waals surface area contributed by atoms with Gasteiger partial charge in [-0.2, -0.15) is 0 Å². The van der Waals surface area contributed by atoms with E-state index in [1.807, 2.05) is 19.1 Å². The van der Waals surface area contributed by atoms with Crippen LogP contribution < -0.4 is 10.6 Å². The Morgan fingerprint density at radius 1 is 1.32 bits per heavy atom. The Labute approximate surface area is 120 Å². The molecule has 6 heteroatoms. The predicted molar refractivity (Wildman–Crippen MR) is 77.3 cm³/mol. The number of urea groups is 1. The van der Waals surface area contributed by atoms with Crippen LogP contribution in [0, 0.1) is 12.8 Å². The van der Waals surface area contributed by atoms with Crippen LogP contribution >= 0.6 is 15.9 Å². The Bertz CT molecular complexity index is 489. The van der Waals surface area contributed by atoms with Gasteiger partial charge in [0.1, 0.15) is 6.04 Å². The quantitative estimate of drug-likeness (QED) is 0.795. The highest BCUT2D eigenvalue weighted by Gasteiger charge is 2.23. The zero-order valence-corrected chi connectivity index (χ0v) is 12.6. The maximum Gasteiger partial charge on any atom is 0.326 e. The molecule has 3 N–H and O–H groups in total. The van der Waals surface area contributed by atoms with E-state index in [4.69, 9.17) is 5.11 Å². The largest absolute Gasteiger partial charge is 0.480 e. The lowest BCUT2D eigenvalue weighted by atomic mass is 10.1. The van der Waals surface area contributed by atoms with Crippen LogP contribution in [-0.4, -0.2) is 23.1 Å². The lowest BCUT2D eigenvalue weighted by molar-refractivity contribution is -0.140. The summed E-state index contributed by atoms with van der Waals surface area (Å²) in [6.45, 7) is 5.34. The Hall–Kier alpha value is -1.56. The van der Waals surface area contributed by atoms with Gasteiger partial charge in [-0.05, 0) is 30.5 Å². The average Bonchev–Trinajstić information content (AvgIpc) is 2.30. The minimum Gasteiger partial charge on any atom is -0.480 e. The molecule has 0 aliphatic rings. The fourth-order valence-electron chi connectivity index (χ4n) is 1.54. The van der Waals surface area contributed by atoms with Gasteiger partial charge < -0.3 is 15.7 Å². The third-order valence-electron chi connectivity index (χ3n) is 2.67. The van der Waals surface area contributed by atoms with Crippen LogP contribution in [0.25, 0.3) is 0 Å². The van der Waals surface area contributed by atoms with E-state index in [0.717, 1.165) is 10.0 Å². The summed E-state index contributed by atoms with van der Waals surface area (Å²) in [6.07, 6.45) is 0. The Morgan fingerprint density at radius 3 is 2.47 bits per heavy atom. The highest BCUT2D eigenvalue weighted by molar-refractivity contribution is 9.10. The van der Waals surface area contributed by atoms with Crippen molar-refractivity contribution in [2.45, 2.75) is 26.8 Å². The Morgan fingerprint density at radius 2 is 1.95 bits per heavy atom. The van der Waals surface area contributed by atoms with Crippen molar-refractivity contribution < 1.29 is 14.7 Å². The van der Waals surface area contributed by atoms with Gasteiger partial charge in [0.05, 0.1) is 0 Å². The predicted octanol–water partition coefficient (Wildman–Crippen LogP) is 2.99. The number of rotatable bonds is 4. The molecule has 0 aromatic heterocycles. The maximum atomic E-state index is 11.8. The molecule has 0 unspecified atom stereocenters. The lowest BCUT2D eigenvalue weighted by Crippen LogP contribution is -2.46. The lowest BCUT2D eigenvalue weighted by Gasteiger charge is -2.18. The van der Waals surface area contributed by atoms with Crippen LogP contribution in [0.2, 0.25) is 0 Å². The van der Waals surface area contributed by atoms with Gasteiger partial charge >= 0.3 is 12.0 Å². The van der Waals surface area contributed by atoms with Crippen LogP contribution in [0.5, 0.6) is 0 Å². The number of halogens is 1. The first-order valence-electron chi connectivity index (χ1n) is 5.87. The molecule has 5 nitrogen and oxygen atoms in total. The standard InChI is InChI=1S/C13H17BrN2O3/c1-7(2)11(12(17)18)16-13(19)15-10-6-9(14)5-4-8(10)3/h4-7,11H,1-3H3,(H,17,18)(H2,15,16,19)/t11-/m1/s1. The normalized spacial score (nSPS) is 12.1. The van der Waals surface area contributed by atoms with Crippen molar-refractivity contribution in [1.29, 1.82) is 0 Å². The van der Waals surface area contributed by atoms with Gasteiger partial charge in [0.15, 0.2) is 0 Å². The molecule has 1 aromatic rings. The molecule has 0 aliphatic carbocycles. The molecule has 1 aromatic carbocycles. The number of carboxylic acid groups (broad SMARTS) is 1. The second-order valence-corrected chi connectivity index (χ2v) is 5.53. The number of amides is 2. The third kappa shape index (κ3) is 4.55. The first-order valence-corrected chi connectivity index (χ1v) is 6.67. The smallest absolute Gasteiger partial charge is 0.326 e. The topological polar surface area (TPSA) is 78.4 Å². The van der Waals surface area contributed by atoms with Crippen LogP contribution in [0.1, 0.15) is 19.4 Å². The number of aryl methyl sites for hydroxylation is 1. The number of anilines is 1. The van der Waals surface area contributed by atoms with E-state index in [-0.39, 0.29) is 5.92 Å². The van der Waals surface area contributed by atoms with Gasteiger partial charge in [-0.25, -0.2) is 9.59 Å². The van der Waals surface area contributed by atoms with Crippen molar-refractivity contribution in [3.8, 4) is 0 Å². The molecular weight excluding hydrogens is 312 g/mol. The van der Waals surface area contributed by atoms with Gasteiger partial charge in [-0.15, -0.1) is 0 Å². The molecule has 0 heterocycles. The first-order chi connectivity index (χ1) is 8.81. The second kappa shape index (κ2) is 6.56. The molecule has 0 bridgehead atoms. The number of carbonyl (C=O) groups excluding carboxylic acids is 1. The fourth-order valence-corrected chi connectivity index (χ4v) is 1.90. The molecule has 104 valence electrons. The van der Waals surface area contributed by atoms with Crippen molar-refractivity contribution in [1.82, 2.24) is 5.32 Å². The summed E-state index contributed by atoms with van der Waals surface area (Å²) in [5.74, 6) is -1.23. The molecule has 19 heavy (non-hydrogen) atoms. The van der Waals surface area contributed by atoms with E-state index in [1.165, 1.54) is 0 Å².